The van der Waals surface area contributed by atoms with E-state index in [1.807, 2.05) is 0 Å². The molecule has 0 heterocycles. The van der Waals surface area contributed by atoms with E-state index in [-0.39, 0.29) is 0 Å². The van der Waals surface area contributed by atoms with Crippen LogP contribution >= 0.6 is 0 Å². The van der Waals surface area contributed by atoms with Gasteiger partial charge in [-0.05, 0) is 43.6 Å². The van der Waals surface area contributed by atoms with Gasteiger partial charge in [-0.3, -0.25) is 0 Å². The van der Waals surface area contributed by atoms with Crippen LogP contribution < -0.4 is 0 Å². The van der Waals surface area contributed by atoms with E-state index >= 15 is 0 Å². The summed E-state index contributed by atoms with van der Waals surface area (Å²) in [5.74, 6) is 1.59. The number of hydrogen-bond acceptors (Lipinski definition) is 0. The van der Waals surface area contributed by atoms with Crippen molar-refractivity contribution in [3.63, 3.8) is 0 Å². The molecule has 1 aromatic carbocycles. The van der Waals surface area contributed by atoms with E-state index in [0.29, 0.717) is 0 Å². The monoisotopic (exact) mass is 210 g/mol. The highest BCUT2D eigenvalue weighted by atomic mass is 14.3. The largest absolute Gasteiger partial charge is 0.0839 e. The summed E-state index contributed by atoms with van der Waals surface area (Å²) in [5, 5.41) is 0. The van der Waals surface area contributed by atoms with E-state index in [1.165, 1.54) is 30.4 Å². The molecule has 2 unspecified atom stereocenters. The first-order chi connectivity index (χ1) is 7.83. The third-order valence-electron chi connectivity index (χ3n) is 3.99. The Morgan fingerprint density at radius 3 is 2.62 bits per heavy atom. The van der Waals surface area contributed by atoms with Crippen molar-refractivity contribution in [2.24, 2.45) is 5.92 Å². The molecule has 82 valence electrons. The first kappa shape index (κ1) is 9.89. The molecule has 2 aliphatic rings. The first-order valence-corrected chi connectivity index (χ1v) is 6.25. The number of fused-ring (bicyclic) bond motifs is 1. The zero-order valence-corrected chi connectivity index (χ0v) is 9.82. The van der Waals surface area contributed by atoms with Crippen LogP contribution in [0.15, 0.2) is 48.1 Å². The zero-order valence-electron chi connectivity index (χ0n) is 9.82. The molecule has 3 rings (SSSR count). The highest BCUT2D eigenvalue weighted by molar-refractivity contribution is 5.32. The Bertz CT molecular complexity index is 434. The molecular weight excluding hydrogens is 192 g/mol. The highest BCUT2D eigenvalue weighted by Crippen LogP contribution is 2.44. The lowest BCUT2D eigenvalue weighted by Gasteiger charge is -2.12. The Morgan fingerprint density at radius 2 is 1.88 bits per heavy atom. The van der Waals surface area contributed by atoms with Gasteiger partial charge in [0, 0.05) is 0 Å². The van der Waals surface area contributed by atoms with Crippen molar-refractivity contribution in [3.05, 3.63) is 59.2 Å². The van der Waals surface area contributed by atoms with Crippen LogP contribution in [0.2, 0.25) is 0 Å². The van der Waals surface area contributed by atoms with E-state index in [4.69, 9.17) is 0 Å². The number of benzene rings is 1. The van der Waals surface area contributed by atoms with Crippen molar-refractivity contribution < 1.29 is 0 Å². The minimum absolute atomic E-state index is 0.761. The lowest BCUT2D eigenvalue weighted by Crippen LogP contribution is -1.97. The molecule has 1 fully saturated rings. The zero-order chi connectivity index (χ0) is 11.0. The Balaban J connectivity index is 1.81. The van der Waals surface area contributed by atoms with Crippen molar-refractivity contribution >= 4 is 0 Å². The maximum atomic E-state index is 2.34. The third-order valence-corrected chi connectivity index (χ3v) is 3.99. The van der Waals surface area contributed by atoms with Crippen LogP contribution in [-0.4, -0.2) is 0 Å². The van der Waals surface area contributed by atoms with Gasteiger partial charge < -0.3 is 0 Å². The van der Waals surface area contributed by atoms with E-state index in [1.54, 1.807) is 5.57 Å². The van der Waals surface area contributed by atoms with Gasteiger partial charge in [-0.15, -0.1) is 0 Å². The van der Waals surface area contributed by atoms with Gasteiger partial charge >= 0.3 is 0 Å². The van der Waals surface area contributed by atoms with Gasteiger partial charge in [0.25, 0.3) is 0 Å². The fraction of sp³-hybridized carbons (Fsp3) is 0.375. The molecule has 0 aromatic heterocycles. The summed E-state index contributed by atoms with van der Waals surface area (Å²) < 4.78 is 0. The maximum Gasteiger partial charge on any atom is -0.0119 e. The second kappa shape index (κ2) is 3.93. The van der Waals surface area contributed by atoms with Crippen LogP contribution in [0, 0.1) is 12.8 Å². The van der Waals surface area contributed by atoms with E-state index < -0.39 is 0 Å². The summed E-state index contributed by atoms with van der Waals surface area (Å²) in [5.41, 5.74) is 4.56. The van der Waals surface area contributed by atoms with Gasteiger partial charge in [-0.2, -0.15) is 0 Å². The van der Waals surface area contributed by atoms with Crippen LogP contribution in [0.3, 0.4) is 0 Å². The summed E-state index contributed by atoms with van der Waals surface area (Å²) in [6.07, 6.45) is 10.8. The Kier molecular flexibility index (Phi) is 2.43. The molecule has 0 saturated heterocycles. The number of aryl methyl sites for hydroxylation is 1. The molecule has 0 spiro atoms. The van der Waals surface area contributed by atoms with E-state index in [9.17, 15) is 0 Å². The fourth-order valence-electron chi connectivity index (χ4n) is 3.01. The first-order valence-electron chi connectivity index (χ1n) is 6.25. The molecule has 0 radical (unpaired) electrons. The number of hydrogen-bond donors (Lipinski definition) is 0. The molecule has 0 heteroatoms. The summed E-state index contributed by atoms with van der Waals surface area (Å²) >= 11 is 0. The maximum absolute atomic E-state index is 2.34. The van der Waals surface area contributed by atoms with E-state index in [0.717, 1.165) is 11.8 Å². The summed E-state index contributed by atoms with van der Waals surface area (Å²) in [6, 6.07) is 9.10. The Morgan fingerprint density at radius 1 is 1.06 bits per heavy atom. The summed E-state index contributed by atoms with van der Waals surface area (Å²) in [7, 11) is 0. The standard InChI is InChI=1S/C16H18/c1-12-6-8-13(9-7-12)16-10-14-4-2-3-5-15(14)11-16/h2-4,6-9,15-16H,5,10-11H2,1H3. The van der Waals surface area contributed by atoms with Crippen LogP contribution in [0.5, 0.6) is 0 Å². The minimum Gasteiger partial charge on any atom is -0.0839 e. The van der Waals surface area contributed by atoms with Crippen molar-refractivity contribution in [1.82, 2.24) is 0 Å². The van der Waals surface area contributed by atoms with Crippen LogP contribution in [-0.2, 0) is 0 Å². The quantitative estimate of drug-likeness (QED) is 0.645. The Hall–Kier alpha value is -1.30. The molecule has 0 aliphatic heterocycles. The average molecular weight is 210 g/mol. The lowest BCUT2D eigenvalue weighted by molar-refractivity contribution is 0.594. The van der Waals surface area contributed by atoms with E-state index in [2.05, 4.69) is 49.4 Å². The van der Waals surface area contributed by atoms with Gasteiger partial charge in [0.2, 0.25) is 0 Å². The molecule has 0 amide bonds. The predicted molar refractivity (Wildman–Crippen MR) is 68.5 cm³/mol. The lowest BCUT2D eigenvalue weighted by atomic mass is 9.93. The molecular formula is C16H18. The average Bonchev–Trinajstić information content (AvgIpc) is 2.73. The smallest absolute Gasteiger partial charge is 0.0119 e. The summed E-state index contributed by atoms with van der Waals surface area (Å²) in [6.45, 7) is 2.16. The normalized spacial score (nSPS) is 27.7. The van der Waals surface area contributed by atoms with Crippen LogP contribution in [0.4, 0.5) is 0 Å². The molecule has 1 aromatic rings. The second-order valence-electron chi connectivity index (χ2n) is 5.15. The van der Waals surface area contributed by atoms with Gasteiger partial charge in [0.15, 0.2) is 0 Å². The van der Waals surface area contributed by atoms with Crippen molar-refractivity contribution in [2.45, 2.75) is 32.1 Å². The molecule has 0 nitrogen and oxygen atoms in total. The highest BCUT2D eigenvalue weighted by Gasteiger charge is 2.29. The molecule has 2 aliphatic carbocycles. The number of rotatable bonds is 1. The van der Waals surface area contributed by atoms with Gasteiger partial charge in [-0.25, -0.2) is 0 Å². The minimum atomic E-state index is 0.761. The van der Waals surface area contributed by atoms with Crippen molar-refractivity contribution in [2.75, 3.05) is 0 Å². The SMILES string of the molecule is Cc1ccc(C2CC3=CC=CCC3C2)cc1. The molecule has 2 atom stereocenters. The van der Waals surface area contributed by atoms with Gasteiger partial charge in [-0.1, -0.05) is 53.6 Å². The third kappa shape index (κ3) is 1.73. The second-order valence-corrected chi connectivity index (χ2v) is 5.15. The van der Waals surface area contributed by atoms with Gasteiger partial charge in [0.1, 0.15) is 0 Å². The van der Waals surface area contributed by atoms with Crippen molar-refractivity contribution in [3.8, 4) is 0 Å². The number of allylic oxidation sites excluding steroid dienone is 4. The predicted octanol–water partition coefficient (Wildman–Crippen LogP) is 4.37. The molecule has 0 N–H and O–H groups in total. The molecule has 1 saturated carbocycles. The summed E-state index contributed by atoms with van der Waals surface area (Å²) in [4.78, 5) is 0. The molecule has 16 heavy (non-hydrogen) atoms. The molecule has 0 bridgehead atoms. The Labute approximate surface area is 97.7 Å². The topological polar surface area (TPSA) is 0 Å². The fourth-order valence-corrected chi connectivity index (χ4v) is 3.01. The van der Waals surface area contributed by atoms with Crippen LogP contribution in [0.25, 0.3) is 0 Å². The van der Waals surface area contributed by atoms with Gasteiger partial charge in [0.05, 0.1) is 0 Å². The van der Waals surface area contributed by atoms with Crippen LogP contribution in [0.1, 0.15) is 36.3 Å². The van der Waals surface area contributed by atoms with Crippen molar-refractivity contribution in [1.29, 1.82) is 0 Å².